The number of fused-ring (bicyclic) bond motifs is 2. The van der Waals surface area contributed by atoms with Crippen LogP contribution in [0.4, 0.5) is 5.69 Å². The molecular formula is C24H26N4O3S. The molecule has 1 saturated carbocycles. The molecule has 0 spiro atoms. The molecule has 1 amide bonds. The van der Waals surface area contributed by atoms with Crippen LogP contribution in [-0.2, 0) is 18.4 Å². The highest BCUT2D eigenvalue weighted by atomic mass is 32.1. The van der Waals surface area contributed by atoms with Gasteiger partial charge in [0.2, 0.25) is 5.91 Å². The lowest BCUT2D eigenvalue weighted by Crippen LogP contribution is -2.30. The summed E-state index contributed by atoms with van der Waals surface area (Å²) in [5.74, 6) is 1.21. The topological polar surface area (TPSA) is 78.2 Å². The van der Waals surface area contributed by atoms with Crippen molar-refractivity contribution in [3.8, 4) is 5.75 Å². The summed E-state index contributed by atoms with van der Waals surface area (Å²) >= 11 is 1.57. The third kappa shape index (κ3) is 3.79. The zero-order chi connectivity index (χ0) is 22.2. The van der Waals surface area contributed by atoms with Crippen molar-refractivity contribution >= 4 is 44.2 Å². The van der Waals surface area contributed by atoms with Gasteiger partial charge in [-0.25, -0.2) is 9.78 Å². The number of carbonyl (C=O) groups is 1. The Balaban J connectivity index is 1.24. The standard InChI is InChI=1S/C24H26N4O3S/c1-27-20-10-8-18(31-2)12-21(20)28(24(27)30)13-15-3-5-16(6-4-15)23(29)26-17-7-9-19-22(11-17)32-14-25-19/h7-12,14-16H,3-6,13H2,1-2H3,(H,26,29). The summed E-state index contributed by atoms with van der Waals surface area (Å²) in [6.45, 7) is 0.666. The summed E-state index contributed by atoms with van der Waals surface area (Å²) < 4.78 is 9.97. The van der Waals surface area contributed by atoms with E-state index in [0.717, 1.165) is 58.4 Å². The maximum absolute atomic E-state index is 12.8. The van der Waals surface area contributed by atoms with Gasteiger partial charge >= 0.3 is 5.69 Å². The number of hydrogen-bond donors (Lipinski definition) is 1. The lowest BCUT2D eigenvalue weighted by molar-refractivity contribution is -0.121. The van der Waals surface area contributed by atoms with Crippen LogP contribution in [0.2, 0.25) is 0 Å². The van der Waals surface area contributed by atoms with Crippen molar-refractivity contribution in [2.75, 3.05) is 12.4 Å². The van der Waals surface area contributed by atoms with Gasteiger partial charge in [-0.1, -0.05) is 0 Å². The van der Waals surface area contributed by atoms with Crippen LogP contribution in [0.3, 0.4) is 0 Å². The molecule has 2 aromatic carbocycles. The van der Waals surface area contributed by atoms with Crippen LogP contribution in [0.1, 0.15) is 25.7 Å². The first kappa shape index (κ1) is 20.8. The van der Waals surface area contributed by atoms with Crippen LogP contribution < -0.4 is 15.7 Å². The van der Waals surface area contributed by atoms with E-state index in [1.807, 2.05) is 46.5 Å². The zero-order valence-electron chi connectivity index (χ0n) is 18.2. The molecule has 2 heterocycles. The Morgan fingerprint density at radius 3 is 2.75 bits per heavy atom. The molecule has 4 aromatic rings. The first-order valence-corrected chi connectivity index (χ1v) is 11.8. The summed E-state index contributed by atoms with van der Waals surface area (Å²) in [5, 5.41) is 3.07. The summed E-state index contributed by atoms with van der Waals surface area (Å²) in [7, 11) is 3.44. The number of thiazole rings is 1. The van der Waals surface area contributed by atoms with E-state index in [1.54, 1.807) is 30.1 Å². The Bertz CT molecular complexity index is 1340. The minimum atomic E-state index is -0.00780. The molecule has 0 radical (unpaired) electrons. The van der Waals surface area contributed by atoms with Gasteiger partial charge in [-0.2, -0.15) is 0 Å². The minimum absolute atomic E-state index is 0.00717. The SMILES string of the molecule is COc1ccc2c(c1)n(CC1CCC(C(=O)Nc3ccc4ncsc4c3)CC1)c(=O)n2C. The van der Waals surface area contributed by atoms with Crippen LogP contribution in [0, 0.1) is 11.8 Å². The van der Waals surface area contributed by atoms with Crippen LogP contribution in [0.15, 0.2) is 46.7 Å². The normalized spacial score (nSPS) is 18.8. The van der Waals surface area contributed by atoms with Gasteiger partial charge in [-0.3, -0.25) is 13.9 Å². The van der Waals surface area contributed by atoms with Gasteiger partial charge in [0.15, 0.2) is 0 Å². The minimum Gasteiger partial charge on any atom is -0.497 e. The number of carbonyl (C=O) groups excluding carboxylic acids is 1. The number of amides is 1. The Hall–Kier alpha value is -3.13. The van der Waals surface area contributed by atoms with E-state index in [0.29, 0.717) is 12.5 Å². The fourth-order valence-corrected chi connectivity index (χ4v) is 5.45. The summed E-state index contributed by atoms with van der Waals surface area (Å²) in [4.78, 5) is 29.9. The summed E-state index contributed by atoms with van der Waals surface area (Å²) in [6.07, 6.45) is 3.53. The van der Waals surface area contributed by atoms with E-state index in [1.165, 1.54) is 0 Å². The second-order valence-corrected chi connectivity index (χ2v) is 9.43. The average Bonchev–Trinajstić information content (AvgIpc) is 3.37. The first-order valence-electron chi connectivity index (χ1n) is 10.9. The fraction of sp³-hybridized carbons (Fsp3) is 0.375. The quantitative estimate of drug-likeness (QED) is 0.489. The molecule has 1 aliphatic rings. The predicted molar refractivity (Wildman–Crippen MR) is 127 cm³/mol. The van der Waals surface area contributed by atoms with Gasteiger partial charge in [0, 0.05) is 31.3 Å². The average molecular weight is 451 g/mol. The molecule has 1 N–H and O–H groups in total. The fourth-order valence-electron chi connectivity index (χ4n) is 4.74. The Kier molecular flexibility index (Phi) is 5.46. The van der Waals surface area contributed by atoms with Crippen molar-refractivity contribution in [2.45, 2.75) is 32.2 Å². The Morgan fingerprint density at radius 2 is 1.97 bits per heavy atom. The Morgan fingerprint density at radius 1 is 1.16 bits per heavy atom. The second-order valence-electron chi connectivity index (χ2n) is 8.55. The van der Waals surface area contributed by atoms with Crippen LogP contribution in [-0.4, -0.2) is 27.1 Å². The summed E-state index contributed by atoms with van der Waals surface area (Å²) in [6, 6.07) is 11.6. The predicted octanol–water partition coefficient (Wildman–Crippen LogP) is 4.40. The van der Waals surface area contributed by atoms with Crippen molar-refractivity contribution < 1.29 is 9.53 Å². The van der Waals surface area contributed by atoms with E-state index in [-0.39, 0.29) is 17.5 Å². The molecule has 0 aliphatic heterocycles. The van der Waals surface area contributed by atoms with Crippen molar-refractivity contribution in [1.29, 1.82) is 0 Å². The van der Waals surface area contributed by atoms with Crippen molar-refractivity contribution in [1.82, 2.24) is 14.1 Å². The van der Waals surface area contributed by atoms with Gasteiger partial charge in [0.1, 0.15) is 5.75 Å². The van der Waals surface area contributed by atoms with Crippen LogP contribution in [0.5, 0.6) is 5.75 Å². The van der Waals surface area contributed by atoms with Crippen molar-refractivity contribution in [3.05, 3.63) is 52.4 Å². The van der Waals surface area contributed by atoms with Gasteiger partial charge in [-0.15, -0.1) is 11.3 Å². The number of aromatic nitrogens is 3. The first-order chi connectivity index (χ1) is 15.5. The van der Waals surface area contributed by atoms with Crippen molar-refractivity contribution in [2.24, 2.45) is 18.9 Å². The van der Waals surface area contributed by atoms with E-state index in [9.17, 15) is 9.59 Å². The molecule has 1 fully saturated rings. The highest BCUT2D eigenvalue weighted by Crippen LogP contribution is 2.32. The van der Waals surface area contributed by atoms with E-state index in [4.69, 9.17) is 4.74 Å². The smallest absolute Gasteiger partial charge is 0.328 e. The number of nitrogens with one attached hydrogen (secondary N) is 1. The van der Waals surface area contributed by atoms with E-state index >= 15 is 0 Å². The number of anilines is 1. The van der Waals surface area contributed by atoms with E-state index < -0.39 is 0 Å². The number of methoxy groups -OCH3 is 1. The van der Waals surface area contributed by atoms with Crippen LogP contribution >= 0.6 is 11.3 Å². The molecule has 1 aliphatic carbocycles. The maximum atomic E-state index is 12.8. The molecule has 0 atom stereocenters. The number of hydrogen-bond acceptors (Lipinski definition) is 5. The number of aryl methyl sites for hydroxylation is 1. The highest BCUT2D eigenvalue weighted by Gasteiger charge is 2.27. The zero-order valence-corrected chi connectivity index (χ0v) is 19.0. The molecule has 7 nitrogen and oxygen atoms in total. The van der Waals surface area contributed by atoms with Gasteiger partial charge in [-0.05, 0) is 61.9 Å². The molecule has 0 bridgehead atoms. The summed E-state index contributed by atoms with van der Waals surface area (Å²) in [5.41, 5.74) is 5.39. The molecule has 0 saturated heterocycles. The lowest BCUT2D eigenvalue weighted by atomic mass is 9.81. The highest BCUT2D eigenvalue weighted by molar-refractivity contribution is 7.16. The number of rotatable bonds is 5. The third-order valence-electron chi connectivity index (χ3n) is 6.61. The monoisotopic (exact) mass is 450 g/mol. The second kappa shape index (κ2) is 8.43. The Labute approximate surface area is 189 Å². The van der Waals surface area contributed by atoms with Gasteiger partial charge < -0.3 is 10.1 Å². The van der Waals surface area contributed by atoms with Gasteiger partial charge in [0.25, 0.3) is 0 Å². The largest absolute Gasteiger partial charge is 0.497 e. The van der Waals surface area contributed by atoms with Crippen LogP contribution in [0.25, 0.3) is 21.3 Å². The number of ether oxygens (including phenoxy) is 1. The number of benzene rings is 2. The molecule has 0 unspecified atom stereocenters. The molecule has 32 heavy (non-hydrogen) atoms. The third-order valence-corrected chi connectivity index (χ3v) is 7.40. The number of imidazole rings is 1. The molecule has 2 aromatic heterocycles. The van der Waals surface area contributed by atoms with Crippen molar-refractivity contribution in [3.63, 3.8) is 0 Å². The molecular weight excluding hydrogens is 424 g/mol. The maximum Gasteiger partial charge on any atom is 0.328 e. The van der Waals surface area contributed by atoms with Gasteiger partial charge in [0.05, 0.1) is 33.9 Å². The molecule has 166 valence electrons. The lowest BCUT2D eigenvalue weighted by Gasteiger charge is -2.28. The molecule has 8 heteroatoms. The molecule has 5 rings (SSSR count). The van der Waals surface area contributed by atoms with E-state index in [2.05, 4.69) is 10.3 Å². The number of nitrogens with zero attached hydrogens (tertiary/aromatic N) is 3.